The number of aromatic nitrogens is 3. The Labute approximate surface area is 140 Å². The van der Waals surface area contributed by atoms with Crippen molar-refractivity contribution in [3.05, 3.63) is 18.6 Å². The van der Waals surface area contributed by atoms with E-state index in [1.165, 1.54) is 6.21 Å². The highest BCUT2D eigenvalue weighted by Gasteiger charge is 2.43. The number of fused-ring (bicyclic) bond motifs is 2. The molecule has 1 aliphatic heterocycles. The SMILES string of the molecule is CN(c1ncnc2[nH]ccc12)[C@H]1CC2CN(C(=O)CC=N)C[C@H]2C1. The van der Waals surface area contributed by atoms with Crippen LogP contribution >= 0.6 is 0 Å². The van der Waals surface area contributed by atoms with E-state index in [9.17, 15) is 4.79 Å². The van der Waals surface area contributed by atoms with Gasteiger partial charge in [-0.25, -0.2) is 9.97 Å². The quantitative estimate of drug-likeness (QED) is 0.837. The van der Waals surface area contributed by atoms with E-state index in [1.807, 2.05) is 17.2 Å². The minimum atomic E-state index is 0.0918. The average molecular weight is 326 g/mol. The van der Waals surface area contributed by atoms with Crippen LogP contribution in [0.5, 0.6) is 0 Å². The number of aromatic amines is 1. The first kappa shape index (κ1) is 15.1. The second-order valence-corrected chi connectivity index (χ2v) is 6.90. The summed E-state index contributed by atoms with van der Waals surface area (Å²) in [6.07, 6.45) is 7.11. The van der Waals surface area contributed by atoms with Crippen LogP contribution in [0, 0.1) is 17.2 Å². The lowest BCUT2D eigenvalue weighted by Gasteiger charge is -2.27. The van der Waals surface area contributed by atoms with E-state index < -0.39 is 0 Å². The lowest BCUT2D eigenvalue weighted by atomic mass is 10.0. The Morgan fingerprint density at radius 2 is 2.17 bits per heavy atom. The summed E-state index contributed by atoms with van der Waals surface area (Å²) < 4.78 is 0. The molecular formula is C17H22N6O. The maximum Gasteiger partial charge on any atom is 0.227 e. The second-order valence-electron chi connectivity index (χ2n) is 6.90. The highest BCUT2D eigenvalue weighted by atomic mass is 16.2. The Morgan fingerprint density at radius 1 is 1.42 bits per heavy atom. The number of carbonyl (C=O) groups excluding carboxylic acids is 1. The Morgan fingerprint density at radius 3 is 2.88 bits per heavy atom. The summed E-state index contributed by atoms with van der Waals surface area (Å²) in [5.74, 6) is 2.20. The van der Waals surface area contributed by atoms with E-state index in [4.69, 9.17) is 5.41 Å². The van der Waals surface area contributed by atoms with Crippen molar-refractivity contribution in [1.82, 2.24) is 19.9 Å². The summed E-state index contributed by atoms with van der Waals surface area (Å²) >= 11 is 0. The molecule has 7 heteroatoms. The molecule has 0 radical (unpaired) electrons. The normalized spacial score (nSPS) is 25.9. The summed E-state index contributed by atoms with van der Waals surface area (Å²) in [5, 5.41) is 8.15. The molecule has 126 valence electrons. The number of hydrogen-bond donors (Lipinski definition) is 2. The molecule has 2 aromatic heterocycles. The summed E-state index contributed by atoms with van der Waals surface area (Å²) in [6.45, 7) is 1.68. The lowest BCUT2D eigenvalue weighted by Crippen LogP contribution is -2.34. The van der Waals surface area contributed by atoms with Crippen LogP contribution in [0.3, 0.4) is 0 Å². The van der Waals surface area contributed by atoms with Crippen molar-refractivity contribution < 1.29 is 4.79 Å². The third kappa shape index (κ3) is 2.44. The molecule has 0 bridgehead atoms. The van der Waals surface area contributed by atoms with Crippen LogP contribution in [-0.4, -0.2) is 58.2 Å². The molecule has 1 saturated carbocycles. The predicted octanol–water partition coefficient (Wildman–Crippen LogP) is 1.67. The van der Waals surface area contributed by atoms with Crippen LogP contribution in [0.4, 0.5) is 5.82 Å². The number of nitrogens with zero attached hydrogens (tertiary/aromatic N) is 4. The number of anilines is 1. The molecule has 0 aromatic carbocycles. The van der Waals surface area contributed by atoms with Crippen molar-refractivity contribution in [2.24, 2.45) is 11.8 Å². The summed E-state index contributed by atoms with van der Waals surface area (Å²) in [7, 11) is 2.11. The molecule has 2 fully saturated rings. The van der Waals surface area contributed by atoms with Crippen LogP contribution in [0.15, 0.2) is 18.6 Å². The van der Waals surface area contributed by atoms with E-state index in [-0.39, 0.29) is 12.3 Å². The second kappa shape index (κ2) is 5.89. The van der Waals surface area contributed by atoms with Crippen molar-refractivity contribution >= 4 is 29.0 Å². The fourth-order valence-electron chi connectivity index (χ4n) is 4.32. The van der Waals surface area contributed by atoms with Crippen molar-refractivity contribution in [1.29, 1.82) is 5.41 Å². The van der Waals surface area contributed by atoms with Crippen LogP contribution in [0.2, 0.25) is 0 Å². The van der Waals surface area contributed by atoms with Crippen molar-refractivity contribution in [2.45, 2.75) is 25.3 Å². The zero-order valence-electron chi connectivity index (χ0n) is 13.8. The van der Waals surface area contributed by atoms with Gasteiger partial charge in [0, 0.05) is 38.6 Å². The van der Waals surface area contributed by atoms with Gasteiger partial charge in [0.25, 0.3) is 0 Å². The lowest BCUT2D eigenvalue weighted by molar-refractivity contribution is -0.129. The topological polar surface area (TPSA) is 89.0 Å². The van der Waals surface area contributed by atoms with Gasteiger partial charge in [0.05, 0.1) is 11.8 Å². The maximum absolute atomic E-state index is 12.0. The number of likely N-dealkylation sites (tertiary alicyclic amines) is 1. The molecule has 1 unspecified atom stereocenters. The van der Waals surface area contributed by atoms with Crippen molar-refractivity contribution in [2.75, 3.05) is 25.0 Å². The predicted molar refractivity (Wildman–Crippen MR) is 92.3 cm³/mol. The molecule has 3 heterocycles. The molecule has 24 heavy (non-hydrogen) atoms. The first-order chi connectivity index (χ1) is 11.7. The molecule has 1 aliphatic carbocycles. The first-order valence-corrected chi connectivity index (χ1v) is 8.45. The summed E-state index contributed by atoms with van der Waals surface area (Å²) in [6, 6.07) is 2.47. The van der Waals surface area contributed by atoms with Crippen LogP contribution in [0.1, 0.15) is 19.3 Å². The van der Waals surface area contributed by atoms with Crippen LogP contribution in [0.25, 0.3) is 11.0 Å². The molecule has 2 aromatic rings. The molecule has 2 aliphatic rings. The van der Waals surface area contributed by atoms with Crippen molar-refractivity contribution in [3.63, 3.8) is 0 Å². The molecule has 3 atom stereocenters. The van der Waals surface area contributed by atoms with Gasteiger partial charge in [-0.15, -0.1) is 0 Å². The number of hydrogen-bond acceptors (Lipinski definition) is 5. The molecule has 4 rings (SSSR count). The van der Waals surface area contributed by atoms with Gasteiger partial charge in [0.1, 0.15) is 17.8 Å². The Balaban J connectivity index is 1.46. The monoisotopic (exact) mass is 326 g/mol. The third-order valence-corrected chi connectivity index (χ3v) is 5.57. The van der Waals surface area contributed by atoms with E-state index >= 15 is 0 Å². The molecule has 0 spiro atoms. The van der Waals surface area contributed by atoms with Gasteiger partial charge in [-0.2, -0.15) is 0 Å². The molecule has 2 N–H and O–H groups in total. The highest BCUT2D eigenvalue weighted by Crippen LogP contribution is 2.41. The van der Waals surface area contributed by atoms with Crippen LogP contribution in [-0.2, 0) is 4.79 Å². The number of H-pyrrole nitrogens is 1. The number of nitrogens with one attached hydrogen (secondary N) is 2. The number of carbonyl (C=O) groups is 1. The highest BCUT2D eigenvalue weighted by molar-refractivity contribution is 5.89. The maximum atomic E-state index is 12.0. The first-order valence-electron chi connectivity index (χ1n) is 8.45. The Kier molecular flexibility index (Phi) is 3.70. The van der Waals surface area contributed by atoms with Gasteiger partial charge in [0.15, 0.2) is 0 Å². The molecule has 1 amide bonds. The van der Waals surface area contributed by atoms with Gasteiger partial charge in [0.2, 0.25) is 5.91 Å². The van der Waals surface area contributed by atoms with E-state index in [0.29, 0.717) is 17.9 Å². The van der Waals surface area contributed by atoms with Gasteiger partial charge in [-0.05, 0) is 30.7 Å². The average Bonchev–Trinajstić information content (AvgIpc) is 3.27. The van der Waals surface area contributed by atoms with Gasteiger partial charge >= 0.3 is 0 Å². The zero-order valence-corrected chi connectivity index (χ0v) is 13.8. The number of rotatable bonds is 4. The van der Waals surface area contributed by atoms with E-state index in [2.05, 4.69) is 26.9 Å². The van der Waals surface area contributed by atoms with Crippen LogP contribution < -0.4 is 4.90 Å². The van der Waals surface area contributed by atoms with Crippen molar-refractivity contribution in [3.8, 4) is 0 Å². The fraction of sp³-hybridized carbons (Fsp3) is 0.529. The summed E-state index contributed by atoms with van der Waals surface area (Å²) in [5.41, 5.74) is 0.869. The smallest absolute Gasteiger partial charge is 0.227 e. The van der Waals surface area contributed by atoms with E-state index in [0.717, 1.165) is 42.8 Å². The molecule has 7 nitrogen and oxygen atoms in total. The minimum Gasteiger partial charge on any atom is -0.356 e. The third-order valence-electron chi connectivity index (χ3n) is 5.57. The number of amides is 1. The molecular weight excluding hydrogens is 304 g/mol. The summed E-state index contributed by atoms with van der Waals surface area (Å²) in [4.78, 5) is 28.1. The Bertz CT molecular complexity index is 757. The van der Waals surface area contributed by atoms with Gasteiger partial charge < -0.3 is 20.2 Å². The molecule has 1 saturated heterocycles. The largest absolute Gasteiger partial charge is 0.356 e. The fourth-order valence-corrected chi connectivity index (χ4v) is 4.32. The minimum absolute atomic E-state index is 0.0918. The van der Waals surface area contributed by atoms with Gasteiger partial charge in [-0.3, -0.25) is 4.79 Å². The van der Waals surface area contributed by atoms with E-state index in [1.54, 1.807) is 6.33 Å². The Hall–Kier alpha value is -2.44. The standard InChI is InChI=1S/C17H22N6O/c1-22(17-14-3-5-19-16(14)20-10-21-17)13-6-11-8-23(9-12(11)7-13)15(24)2-4-18/h3-5,10-13,18H,2,6-9H2,1H3,(H,19,20,21)/t11-,12?,13-/m1/s1. The van der Waals surface area contributed by atoms with Gasteiger partial charge in [-0.1, -0.05) is 0 Å². The zero-order chi connectivity index (χ0) is 16.7.